The predicted molar refractivity (Wildman–Crippen MR) is 88.8 cm³/mol. The Balaban J connectivity index is 2.57. The van der Waals surface area contributed by atoms with E-state index in [1.807, 2.05) is 0 Å². The van der Waals surface area contributed by atoms with Crippen molar-refractivity contribution >= 4 is 24.8 Å². The Labute approximate surface area is 119 Å². The average Bonchev–Trinajstić information content (AvgIpc) is 2.25. The summed E-state index contributed by atoms with van der Waals surface area (Å²) in [7, 11) is -0.644. The molecule has 0 nitrogen and oxygen atoms in total. The van der Waals surface area contributed by atoms with Crippen LogP contribution in [-0.2, 0) is 0 Å². The molecule has 0 saturated carbocycles. The fourth-order valence-corrected chi connectivity index (χ4v) is 7.87. The molecule has 1 radical (unpaired) electrons. The van der Waals surface area contributed by atoms with E-state index in [4.69, 9.17) is 0 Å². The summed E-state index contributed by atoms with van der Waals surface area (Å²) in [5.74, 6) is 0. The molecule has 19 heavy (non-hydrogen) atoms. The van der Waals surface area contributed by atoms with Crippen molar-refractivity contribution in [2.24, 2.45) is 0 Å². The second-order valence-corrected chi connectivity index (χ2v) is 11.8. The van der Waals surface area contributed by atoms with Crippen molar-refractivity contribution in [1.82, 2.24) is 0 Å². The molecule has 101 valence electrons. The smallest absolute Gasteiger partial charge is 0.0626 e. The standard InChI is InChI=1S/C18H25Si/c1-17(2,3)19(18(4,5)6)16-12-11-14-9-7-8-10-15(14)13-16/h7-13H,1-6H3. The fraction of sp³-hybridized carbons (Fsp3) is 0.444. The normalized spacial score (nSPS) is 13.2. The predicted octanol–water partition coefficient (Wildman–Crippen LogP) is 5.14. The molecule has 0 fully saturated rings. The van der Waals surface area contributed by atoms with Crippen molar-refractivity contribution in [3.8, 4) is 0 Å². The van der Waals surface area contributed by atoms with Crippen LogP contribution >= 0.6 is 0 Å². The van der Waals surface area contributed by atoms with Gasteiger partial charge in [0.2, 0.25) is 0 Å². The largest absolute Gasteiger partial charge is 0.0970 e. The summed E-state index contributed by atoms with van der Waals surface area (Å²) >= 11 is 0. The summed E-state index contributed by atoms with van der Waals surface area (Å²) in [4.78, 5) is 0. The topological polar surface area (TPSA) is 0 Å². The van der Waals surface area contributed by atoms with Gasteiger partial charge in [0, 0.05) is 0 Å². The number of benzene rings is 2. The maximum atomic E-state index is 2.42. The fourth-order valence-electron chi connectivity index (χ4n) is 3.34. The zero-order chi connectivity index (χ0) is 14.3. The third-order valence-electron chi connectivity index (χ3n) is 3.54. The lowest BCUT2D eigenvalue weighted by Crippen LogP contribution is -2.45. The molecule has 0 aliphatic carbocycles. The van der Waals surface area contributed by atoms with Gasteiger partial charge in [-0.05, 0) is 20.8 Å². The van der Waals surface area contributed by atoms with Crippen molar-refractivity contribution in [2.45, 2.75) is 51.6 Å². The van der Waals surface area contributed by atoms with Gasteiger partial charge in [-0.2, -0.15) is 0 Å². The molecule has 0 bridgehead atoms. The first kappa shape index (κ1) is 14.3. The van der Waals surface area contributed by atoms with Crippen molar-refractivity contribution in [3.63, 3.8) is 0 Å². The molecule has 0 N–H and O–H groups in total. The van der Waals surface area contributed by atoms with Crippen LogP contribution in [0.1, 0.15) is 41.5 Å². The van der Waals surface area contributed by atoms with Gasteiger partial charge in [0.15, 0.2) is 0 Å². The molecule has 2 aromatic rings. The third kappa shape index (κ3) is 3.09. The van der Waals surface area contributed by atoms with E-state index in [1.54, 1.807) is 5.19 Å². The minimum atomic E-state index is -0.644. The van der Waals surface area contributed by atoms with E-state index in [1.165, 1.54) is 10.8 Å². The maximum absolute atomic E-state index is 2.42. The lowest BCUT2D eigenvalue weighted by molar-refractivity contribution is 0.653. The highest BCUT2D eigenvalue weighted by Crippen LogP contribution is 2.41. The minimum Gasteiger partial charge on any atom is -0.0626 e. The van der Waals surface area contributed by atoms with Crippen LogP contribution in [0.2, 0.25) is 10.1 Å². The van der Waals surface area contributed by atoms with Crippen molar-refractivity contribution < 1.29 is 0 Å². The molecule has 2 rings (SSSR count). The lowest BCUT2D eigenvalue weighted by atomic mass is 10.1. The first-order chi connectivity index (χ1) is 8.69. The number of rotatable bonds is 1. The summed E-state index contributed by atoms with van der Waals surface area (Å²) in [5, 5.41) is 5.01. The SMILES string of the molecule is CC(C)(C)[Si](c1ccc2ccccc2c1)C(C)(C)C. The Morgan fingerprint density at radius 3 is 1.74 bits per heavy atom. The molecular weight excluding hydrogens is 244 g/mol. The monoisotopic (exact) mass is 269 g/mol. The Morgan fingerprint density at radius 1 is 0.684 bits per heavy atom. The molecule has 1 heteroatoms. The van der Waals surface area contributed by atoms with Crippen molar-refractivity contribution in [2.75, 3.05) is 0 Å². The van der Waals surface area contributed by atoms with E-state index in [0.717, 1.165) is 0 Å². The molecule has 0 amide bonds. The Morgan fingerprint density at radius 2 is 1.21 bits per heavy atom. The van der Waals surface area contributed by atoms with Gasteiger partial charge in [-0.15, -0.1) is 0 Å². The Hall–Kier alpha value is -1.08. The highest BCUT2D eigenvalue weighted by Gasteiger charge is 2.38. The molecule has 0 aliphatic rings. The van der Waals surface area contributed by atoms with Gasteiger partial charge in [0.05, 0.1) is 8.80 Å². The van der Waals surface area contributed by atoms with Crippen LogP contribution in [0.15, 0.2) is 42.5 Å². The maximum Gasteiger partial charge on any atom is 0.0970 e. The van der Waals surface area contributed by atoms with Gasteiger partial charge in [0.1, 0.15) is 0 Å². The molecule has 0 heterocycles. The number of fused-ring (bicyclic) bond motifs is 1. The minimum absolute atomic E-state index is 0.366. The first-order valence-corrected chi connectivity index (χ1v) is 8.57. The summed E-state index contributed by atoms with van der Waals surface area (Å²) in [6.45, 7) is 14.3. The van der Waals surface area contributed by atoms with Crippen LogP contribution in [0.3, 0.4) is 0 Å². The Bertz CT molecular complexity index is 556. The Kier molecular flexibility index (Phi) is 3.61. The zero-order valence-corrected chi connectivity index (χ0v) is 14.0. The second-order valence-electron chi connectivity index (χ2n) is 7.44. The van der Waals surface area contributed by atoms with E-state index in [2.05, 4.69) is 84.0 Å². The molecule has 0 unspecified atom stereocenters. The van der Waals surface area contributed by atoms with Crippen LogP contribution in [0, 0.1) is 0 Å². The first-order valence-electron chi connectivity index (χ1n) is 7.07. The summed E-state index contributed by atoms with van der Waals surface area (Å²) in [6, 6.07) is 15.7. The van der Waals surface area contributed by atoms with E-state index < -0.39 is 8.80 Å². The molecular formula is C18H25Si. The van der Waals surface area contributed by atoms with Gasteiger partial charge >= 0.3 is 0 Å². The molecule has 0 aromatic heterocycles. The van der Waals surface area contributed by atoms with E-state index in [9.17, 15) is 0 Å². The second kappa shape index (κ2) is 4.79. The van der Waals surface area contributed by atoms with Gasteiger partial charge in [-0.25, -0.2) is 0 Å². The average molecular weight is 269 g/mol. The molecule has 0 saturated heterocycles. The van der Waals surface area contributed by atoms with Crippen molar-refractivity contribution in [1.29, 1.82) is 0 Å². The van der Waals surface area contributed by atoms with Gasteiger partial charge in [-0.3, -0.25) is 0 Å². The summed E-state index contributed by atoms with van der Waals surface area (Å²) < 4.78 is 0. The van der Waals surface area contributed by atoms with E-state index >= 15 is 0 Å². The highest BCUT2D eigenvalue weighted by atomic mass is 28.3. The molecule has 0 spiro atoms. The van der Waals surface area contributed by atoms with Crippen LogP contribution in [0.25, 0.3) is 10.8 Å². The van der Waals surface area contributed by atoms with Gasteiger partial charge in [0.25, 0.3) is 0 Å². The van der Waals surface area contributed by atoms with E-state index in [-0.39, 0.29) is 0 Å². The summed E-state index contributed by atoms with van der Waals surface area (Å²) in [6.07, 6.45) is 0. The molecule has 2 aromatic carbocycles. The summed E-state index contributed by atoms with van der Waals surface area (Å²) in [5.41, 5.74) is 0. The zero-order valence-electron chi connectivity index (χ0n) is 13.0. The number of hydrogen-bond donors (Lipinski definition) is 0. The molecule has 0 atom stereocenters. The van der Waals surface area contributed by atoms with Crippen LogP contribution in [0.5, 0.6) is 0 Å². The van der Waals surface area contributed by atoms with Crippen LogP contribution < -0.4 is 5.19 Å². The third-order valence-corrected chi connectivity index (χ3v) is 7.43. The van der Waals surface area contributed by atoms with Gasteiger partial charge < -0.3 is 0 Å². The van der Waals surface area contributed by atoms with Gasteiger partial charge in [-0.1, -0.05) is 89.2 Å². The van der Waals surface area contributed by atoms with Crippen molar-refractivity contribution in [3.05, 3.63) is 42.5 Å². The quantitative estimate of drug-likeness (QED) is 0.629. The highest BCUT2D eigenvalue weighted by molar-refractivity contribution is 6.78. The number of hydrogen-bond acceptors (Lipinski definition) is 0. The van der Waals surface area contributed by atoms with Crippen LogP contribution in [0.4, 0.5) is 0 Å². The van der Waals surface area contributed by atoms with Crippen LogP contribution in [-0.4, -0.2) is 8.80 Å². The van der Waals surface area contributed by atoms with E-state index in [0.29, 0.717) is 10.1 Å². The lowest BCUT2D eigenvalue weighted by Gasteiger charge is -2.39. The molecule has 0 aliphatic heterocycles.